The highest BCUT2D eigenvalue weighted by Gasteiger charge is 2.22. The van der Waals surface area contributed by atoms with E-state index < -0.39 is 0 Å². The van der Waals surface area contributed by atoms with Crippen LogP contribution in [0, 0.1) is 0 Å². The number of hydrogen-bond donors (Lipinski definition) is 0. The standard InChI is InChI=1S/C51H29N3O2/c1-2-13-31(14-3-1)35-26-27-41(45-39-18-8-10-20-43(39)55-47(35)45)51-53-49(33-23-22-30-12-4-5-15-32(30)28-33)52-50(54-51)34-24-25-37-36-16-6-7-17-38(36)48-46(42(37)29-34)40-19-9-11-21-44(40)56-48/h1-29H. The zero-order valence-electron chi connectivity index (χ0n) is 29.9. The summed E-state index contributed by atoms with van der Waals surface area (Å²) in [6, 6.07) is 60.9. The van der Waals surface area contributed by atoms with E-state index in [1.807, 2.05) is 30.3 Å². The smallest absolute Gasteiger partial charge is 0.164 e. The normalized spacial score (nSPS) is 11.9. The van der Waals surface area contributed by atoms with Crippen LogP contribution in [0.2, 0.25) is 0 Å². The predicted molar refractivity (Wildman–Crippen MR) is 229 cm³/mol. The predicted octanol–water partition coefficient (Wildman–Crippen LogP) is 13.8. The Balaban J connectivity index is 1.15. The van der Waals surface area contributed by atoms with E-state index in [0.29, 0.717) is 17.5 Å². The number of hydrogen-bond acceptors (Lipinski definition) is 5. The third kappa shape index (κ3) is 4.64. The number of benzene rings is 9. The Morgan fingerprint density at radius 3 is 1.64 bits per heavy atom. The van der Waals surface area contributed by atoms with E-state index in [2.05, 4.69) is 146 Å². The van der Waals surface area contributed by atoms with E-state index in [0.717, 1.165) is 104 Å². The van der Waals surface area contributed by atoms with Crippen molar-refractivity contribution in [2.45, 2.75) is 0 Å². The van der Waals surface area contributed by atoms with E-state index >= 15 is 0 Å². The lowest BCUT2D eigenvalue weighted by Crippen LogP contribution is -2.01. The molecule has 260 valence electrons. The van der Waals surface area contributed by atoms with Gasteiger partial charge in [-0.15, -0.1) is 0 Å². The summed E-state index contributed by atoms with van der Waals surface area (Å²) in [5, 5.41) is 10.9. The Morgan fingerprint density at radius 2 is 0.857 bits per heavy atom. The van der Waals surface area contributed by atoms with E-state index in [9.17, 15) is 0 Å². The first kappa shape index (κ1) is 30.8. The molecule has 3 heterocycles. The van der Waals surface area contributed by atoms with Crippen LogP contribution in [0.5, 0.6) is 0 Å². The zero-order chi connectivity index (χ0) is 36.7. The van der Waals surface area contributed by atoms with Gasteiger partial charge < -0.3 is 8.83 Å². The van der Waals surface area contributed by atoms with Crippen LogP contribution in [0.3, 0.4) is 0 Å². The quantitative estimate of drug-likeness (QED) is 0.170. The van der Waals surface area contributed by atoms with Gasteiger partial charge in [0.2, 0.25) is 0 Å². The van der Waals surface area contributed by atoms with Gasteiger partial charge in [0.1, 0.15) is 22.3 Å². The van der Waals surface area contributed by atoms with Crippen LogP contribution in [-0.2, 0) is 0 Å². The number of nitrogens with zero attached hydrogens (tertiary/aromatic N) is 3. The summed E-state index contributed by atoms with van der Waals surface area (Å²) >= 11 is 0. The largest absolute Gasteiger partial charge is 0.455 e. The van der Waals surface area contributed by atoms with Crippen molar-refractivity contribution in [1.82, 2.24) is 15.0 Å². The molecule has 9 aromatic carbocycles. The summed E-state index contributed by atoms with van der Waals surface area (Å²) in [6.07, 6.45) is 0. The van der Waals surface area contributed by atoms with Crippen LogP contribution in [0.25, 0.3) is 121 Å². The summed E-state index contributed by atoms with van der Waals surface area (Å²) in [5.74, 6) is 1.76. The van der Waals surface area contributed by atoms with Gasteiger partial charge in [0.05, 0.1) is 0 Å². The molecule has 0 N–H and O–H groups in total. The van der Waals surface area contributed by atoms with Crippen molar-refractivity contribution in [3.8, 4) is 45.3 Å². The van der Waals surface area contributed by atoms with Crippen molar-refractivity contribution >= 4 is 76.2 Å². The van der Waals surface area contributed by atoms with Gasteiger partial charge in [0.15, 0.2) is 17.5 Å². The lowest BCUT2D eigenvalue weighted by molar-refractivity contribution is 0.670. The van der Waals surface area contributed by atoms with Gasteiger partial charge in [-0.2, -0.15) is 0 Å². The molecule has 5 nitrogen and oxygen atoms in total. The van der Waals surface area contributed by atoms with Gasteiger partial charge in [-0.05, 0) is 68.9 Å². The van der Waals surface area contributed by atoms with Crippen molar-refractivity contribution < 1.29 is 8.83 Å². The molecule has 0 aliphatic carbocycles. The maximum Gasteiger partial charge on any atom is 0.164 e. The summed E-state index contributed by atoms with van der Waals surface area (Å²) < 4.78 is 13.2. The Labute approximate surface area is 320 Å². The highest BCUT2D eigenvalue weighted by atomic mass is 16.3. The van der Waals surface area contributed by atoms with Crippen molar-refractivity contribution in [3.05, 3.63) is 176 Å². The van der Waals surface area contributed by atoms with Crippen LogP contribution in [-0.4, -0.2) is 15.0 Å². The molecule has 0 aliphatic heterocycles. The maximum absolute atomic E-state index is 6.65. The van der Waals surface area contributed by atoms with Crippen LogP contribution in [0.15, 0.2) is 185 Å². The number of rotatable bonds is 4. The fourth-order valence-electron chi connectivity index (χ4n) is 8.49. The molecule has 0 fully saturated rings. The second-order valence-corrected chi connectivity index (χ2v) is 14.3. The molecule has 0 spiro atoms. The number of furan rings is 2. The second kappa shape index (κ2) is 11.9. The van der Waals surface area contributed by atoms with E-state index in [-0.39, 0.29) is 0 Å². The highest BCUT2D eigenvalue weighted by Crippen LogP contribution is 2.44. The number of para-hydroxylation sites is 2. The Bertz CT molecular complexity index is 3550. The van der Waals surface area contributed by atoms with Crippen molar-refractivity contribution in [2.24, 2.45) is 0 Å². The van der Waals surface area contributed by atoms with Crippen LogP contribution in [0.4, 0.5) is 0 Å². The van der Waals surface area contributed by atoms with Crippen LogP contribution < -0.4 is 0 Å². The fraction of sp³-hybridized carbons (Fsp3) is 0. The Hall–Kier alpha value is -7.63. The van der Waals surface area contributed by atoms with Crippen molar-refractivity contribution in [3.63, 3.8) is 0 Å². The summed E-state index contributed by atoms with van der Waals surface area (Å²) in [6.45, 7) is 0. The molecule has 0 saturated heterocycles. The molecule has 56 heavy (non-hydrogen) atoms. The lowest BCUT2D eigenvalue weighted by Gasteiger charge is -2.12. The van der Waals surface area contributed by atoms with Crippen molar-refractivity contribution in [1.29, 1.82) is 0 Å². The molecule has 0 bridgehead atoms. The Kier molecular flexibility index (Phi) is 6.56. The maximum atomic E-state index is 6.65. The van der Waals surface area contributed by atoms with Gasteiger partial charge >= 0.3 is 0 Å². The third-order valence-electron chi connectivity index (χ3n) is 11.1. The second-order valence-electron chi connectivity index (χ2n) is 14.3. The molecule has 12 aromatic rings. The first-order valence-corrected chi connectivity index (χ1v) is 18.8. The lowest BCUT2D eigenvalue weighted by atomic mass is 9.95. The monoisotopic (exact) mass is 715 g/mol. The zero-order valence-corrected chi connectivity index (χ0v) is 29.9. The molecule has 0 atom stereocenters. The molecule has 0 amide bonds. The highest BCUT2D eigenvalue weighted by molar-refractivity contribution is 6.30. The molecule has 3 aromatic heterocycles. The molecular formula is C51H29N3O2. The average Bonchev–Trinajstić information content (AvgIpc) is 3.86. The molecular weight excluding hydrogens is 687 g/mol. The fourth-order valence-corrected chi connectivity index (χ4v) is 8.49. The van der Waals surface area contributed by atoms with E-state index in [1.54, 1.807) is 0 Å². The molecule has 5 heteroatoms. The van der Waals surface area contributed by atoms with Gasteiger partial charge in [-0.1, -0.05) is 140 Å². The molecule has 0 unspecified atom stereocenters. The van der Waals surface area contributed by atoms with E-state index in [1.165, 1.54) is 0 Å². The first-order chi connectivity index (χ1) is 27.7. The number of fused-ring (bicyclic) bond motifs is 12. The van der Waals surface area contributed by atoms with Gasteiger partial charge in [0.25, 0.3) is 0 Å². The topological polar surface area (TPSA) is 65.0 Å². The Morgan fingerprint density at radius 1 is 0.304 bits per heavy atom. The molecule has 12 rings (SSSR count). The minimum Gasteiger partial charge on any atom is -0.455 e. The van der Waals surface area contributed by atoms with Crippen LogP contribution >= 0.6 is 0 Å². The summed E-state index contributed by atoms with van der Waals surface area (Å²) in [7, 11) is 0. The molecule has 0 radical (unpaired) electrons. The van der Waals surface area contributed by atoms with Crippen molar-refractivity contribution in [2.75, 3.05) is 0 Å². The minimum absolute atomic E-state index is 0.576. The van der Waals surface area contributed by atoms with Gasteiger partial charge in [0, 0.05) is 49.2 Å². The van der Waals surface area contributed by atoms with Gasteiger partial charge in [-0.3, -0.25) is 0 Å². The van der Waals surface area contributed by atoms with Crippen LogP contribution in [0.1, 0.15) is 0 Å². The summed E-state index contributed by atoms with van der Waals surface area (Å²) in [5.41, 5.74) is 8.14. The van der Waals surface area contributed by atoms with Gasteiger partial charge in [-0.25, -0.2) is 15.0 Å². The summed E-state index contributed by atoms with van der Waals surface area (Å²) in [4.78, 5) is 15.8. The van der Waals surface area contributed by atoms with E-state index in [4.69, 9.17) is 23.8 Å². The molecule has 0 aliphatic rings. The SMILES string of the molecule is c1ccc(-c2ccc(-c3nc(-c4ccc5ccccc5c4)nc(-c4ccc5c6ccccc6c6oc7ccccc7c6c5c4)n3)c3c2oc2ccccc23)cc1. The number of aromatic nitrogens is 3. The minimum atomic E-state index is 0.576. The third-order valence-corrected chi connectivity index (χ3v) is 11.1. The average molecular weight is 716 g/mol. The molecule has 0 saturated carbocycles. The first-order valence-electron chi connectivity index (χ1n) is 18.8.